The number of hydrogen-bond donors (Lipinski definition) is 3. The minimum atomic E-state index is -3.88. The van der Waals surface area contributed by atoms with Crippen molar-refractivity contribution in [2.24, 2.45) is 5.92 Å². The molecule has 1 aliphatic carbocycles. The summed E-state index contributed by atoms with van der Waals surface area (Å²) in [6.07, 6.45) is 3.78. The van der Waals surface area contributed by atoms with Gasteiger partial charge in [-0.1, -0.05) is 79.9 Å². The van der Waals surface area contributed by atoms with Crippen LogP contribution >= 0.6 is 0 Å². The van der Waals surface area contributed by atoms with Crippen molar-refractivity contribution in [3.63, 3.8) is 0 Å². The second-order valence-electron chi connectivity index (χ2n) is 11.2. The molecule has 3 N–H and O–H groups in total. The fraction of sp³-hybridized carbons (Fsp3) is 0.552. The van der Waals surface area contributed by atoms with Gasteiger partial charge in [0.25, 0.3) is 10.2 Å². The first-order valence-electron chi connectivity index (χ1n) is 13.5. The van der Waals surface area contributed by atoms with Gasteiger partial charge in [-0.2, -0.15) is 17.4 Å². The van der Waals surface area contributed by atoms with E-state index < -0.39 is 34.0 Å². The van der Waals surface area contributed by atoms with Crippen LogP contribution in [-0.4, -0.2) is 54.7 Å². The monoisotopic (exact) mass is 545 g/mol. The Bertz CT molecular complexity index is 1080. The normalized spacial score (nSPS) is 16.7. The molecule has 1 saturated carbocycles. The summed E-state index contributed by atoms with van der Waals surface area (Å²) in [5.41, 5.74) is 1.09. The van der Waals surface area contributed by atoms with E-state index in [0.717, 1.165) is 36.8 Å². The maximum Gasteiger partial charge on any atom is 0.407 e. The second kappa shape index (κ2) is 14.1. The van der Waals surface area contributed by atoms with Crippen molar-refractivity contribution in [3.05, 3.63) is 71.8 Å². The quantitative estimate of drug-likeness (QED) is 0.366. The molecule has 0 radical (unpaired) electrons. The van der Waals surface area contributed by atoms with Crippen LogP contribution < -0.4 is 10.0 Å². The number of carbonyl (C=O) groups excluding carboxylic acids is 1. The molecule has 2 aromatic carbocycles. The van der Waals surface area contributed by atoms with Gasteiger partial charge < -0.3 is 15.2 Å². The minimum Gasteiger partial charge on any atom is -0.445 e. The van der Waals surface area contributed by atoms with Crippen LogP contribution in [0.2, 0.25) is 0 Å². The van der Waals surface area contributed by atoms with Gasteiger partial charge in [0.1, 0.15) is 6.61 Å². The molecule has 1 fully saturated rings. The van der Waals surface area contributed by atoms with Crippen molar-refractivity contribution in [1.29, 1.82) is 0 Å². The van der Waals surface area contributed by atoms with Crippen molar-refractivity contribution in [3.8, 4) is 0 Å². The fourth-order valence-corrected chi connectivity index (χ4v) is 6.44. The molecule has 0 spiro atoms. The highest BCUT2D eigenvalue weighted by molar-refractivity contribution is 7.87. The van der Waals surface area contributed by atoms with E-state index in [9.17, 15) is 18.3 Å². The molecular formula is C29H43N3O5S. The molecule has 210 valence electrons. The molecule has 0 saturated heterocycles. The minimum absolute atomic E-state index is 0.0957. The largest absolute Gasteiger partial charge is 0.445 e. The lowest BCUT2D eigenvalue weighted by Crippen LogP contribution is -2.55. The van der Waals surface area contributed by atoms with Crippen LogP contribution in [0.1, 0.15) is 64.0 Å². The molecule has 8 nitrogen and oxygen atoms in total. The molecule has 2 aromatic rings. The van der Waals surface area contributed by atoms with E-state index in [1.165, 1.54) is 10.7 Å². The van der Waals surface area contributed by atoms with E-state index in [0.29, 0.717) is 13.0 Å². The lowest BCUT2D eigenvalue weighted by Gasteiger charge is -2.34. The Morgan fingerprint density at radius 2 is 1.58 bits per heavy atom. The number of hydrogen-bond acceptors (Lipinski definition) is 5. The van der Waals surface area contributed by atoms with E-state index in [2.05, 4.69) is 10.0 Å². The van der Waals surface area contributed by atoms with Crippen LogP contribution in [0, 0.1) is 5.92 Å². The molecular weight excluding hydrogens is 502 g/mol. The number of alkyl carbamates (subject to hydrolysis) is 1. The first-order valence-corrected chi connectivity index (χ1v) is 14.9. The van der Waals surface area contributed by atoms with E-state index in [-0.39, 0.29) is 19.1 Å². The third kappa shape index (κ3) is 10.4. The Labute approximate surface area is 228 Å². The number of amides is 1. The van der Waals surface area contributed by atoms with Gasteiger partial charge in [0, 0.05) is 18.6 Å². The molecule has 0 aliphatic heterocycles. The summed E-state index contributed by atoms with van der Waals surface area (Å²) in [5, 5.41) is 14.2. The Morgan fingerprint density at radius 3 is 2.16 bits per heavy atom. The molecule has 0 heterocycles. The van der Waals surface area contributed by atoms with E-state index >= 15 is 0 Å². The van der Waals surface area contributed by atoms with Gasteiger partial charge in [-0.3, -0.25) is 0 Å². The van der Waals surface area contributed by atoms with Crippen LogP contribution in [-0.2, 0) is 28.0 Å². The number of ether oxygens (including phenoxy) is 1. The van der Waals surface area contributed by atoms with Gasteiger partial charge in [0.2, 0.25) is 0 Å². The Morgan fingerprint density at radius 1 is 1.00 bits per heavy atom. The summed E-state index contributed by atoms with van der Waals surface area (Å²) in [6.45, 7) is 5.67. The van der Waals surface area contributed by atoms with Crippen LogP contribution in [0.5, 0.6) is 0 Å². The summed E-state index contributed by atoms with van der Waals surface area (Å²) >= 11 is 0. The van der Waals surface area contributed by atoms with Crippen molar-refractivity contribution in [2.45, 2.75) is 83.6 Å². The highest BCUT2D eigenvalue weighted by atomic mass is 32.2. The highest BCUT2D eigenvalue weighted by Gasteiger charge is 2.34. The highest BCUT2D eigenvalue weighted by Crippen LogP contribution is 2.26. The lowest BCUT2D eigenvalue weighted by molar-refractivity contribution is 0.0848. The second-order valence-corrected chi connectivity index (χ2v) is 12.9. The molecule has 0 bridgehead atoms. The molecule has 2 atom stereocenters. The van der Waals surface area contributed by atoms with Crippen LogP contribution in [0.15, 0.2) is 60.7 Å². The van der Waals surface area contributed by atoms with E-state index in [1.807, 2.05) is 60.7 Å². The zero-order valence-electron chi connectivity index (χ0n) is 22.8. The fourth-order valence-electron chi connectivity index (χ4n) is 4.78. The number of benzene rings is 2. The van der Waals surface area contributed by atoms with E-state index in [4.69, 9.17) is 4.74 Å². The summed E-state index contributed by atoms with van der Waals surface area (Å²) in [4.78, 5) is 12.7. The van der Waals surface area contributed by atoms with Crippen molar-refractivity contribution in [1.82, 2.24) is 14.3 Å². The van der Waals surface area contributed by atoms with Gasteiger partial charge in [-0.05, 0) is 57.1 Å². The standard InChI is InChI=1S/C29H43N3O5S/c1-29(2,3)31-38(35,36)32(20-24-15-9-5-10-16-24)21-27(33)26(19-23-13-7-4-8-14-23)30-28(34)37-22-25-17-11-6-12-18-25/h4,6-8,11-14,17-18,24,26-27,31,33H,5,9-10,15-16,19-22H2,1-3H3,(H,30,34)/t26-,27+/m0/s1. The average Bonchev–Trinajstić information content (AvgIpc) is 2.87. The number of rotatable bonds is 12. The van der Waals surface area contributed by atoms with Crippen molar-refractivity contribution >= 4 is 16.3 Å². The average molecular weight is 546 g/mol. The van der Waals surface area contributed by atoms with Crippen LogP contribution in [0.3, 0.4) is 0 Å². The lowest BCUT2D eigenvalue weighted by atomic mass is 9.89. The maximum absolute atomic E-state index is 13.4. The Hall–Kier alpha value is -2.46. The number of nitrogens with one attached hydrogen (secondary N) is 2. The number of carbonyl (C=O) groups is 1. The smallest absolute Gasteiger partial charge is 0.407 e. The summed E-state index contributed by atoms with van der Waals surface area (Å²) in [5.74, 6) is 0.240. The van der Waals surface area contributed by atoms with Gasteiger partial charge in [0.15, 0.2) is 0 Å². The predicted molar refractivity (Wildman–Crippen MR) is 150 cm³/mol. The molecule has 0 unspecified atom stereocenters. The number of aliphatic hydroxyl groups is 1. The summed E-state index contributed by atoms with van der Waals surface area (Å²) in [6, 6.07) is 18.1. The predicted octanol–water partition coefficient (Wildman–Crippen LogP) is 4.40. The SMILES string of the molecule is CC(C)(C)NS(=O)(=O)N(CC1CCCCC1)C[C@@H](O)[C@H](Cc1ccccc1)NC(=O)OCc1ccccc1. The molecule has 1 aliphatic rings. The van der Waals surface area contributed by atoms with Crippen LogP contribution in [0.4, 0.5) is 4.79 Å². The first kappa shape index (κ1) is 30.1. The van der Waals surface area contributed by atoms with Gasteiger partial charge in [0.05, 0.1) is 12.1 Å². The van der Waals surface area contributed by atoms with Crippen molar-refractivity contribution < 1.29 is 23.1 Å². The molecule has 1 amide bonds. The van der Waals surface area contributed by atoms with Crippen LogP contribution in [0.25, 0.3) is 0 Å². The Kier molecular flexibility index (Phi) is 11.1. The molecule has 0 aromatic heterocycles. The van der Waals surface area contributed by atoms with Gasteiger partial charge >= 0.3 is 6.09 Å². The molecule has 38 heavy (non-hydrogen) atoms. The first-order chi connectivity index (χ1) is 18.0. The summed E-state index contributed by atoms with van der Waals surface area (Å²) < 4.78 is 36.3. The van der Waals surface area contributed by atoms with Gasteiger partial charge in [-0.25, -0.2) is 4.79 Å². The zero-order chi connectivity index (χ0) is 27.6. The zero-order valence-corrected chi connectivity index (χ0v) is 23.6. The topological polar surface area (TPSA) is 108 Å². The van der Waals surface area contributed by atoms with Gasteiger partial charge in [-0.15, -0.1) is 0 Å². The molecule has 9 heteroatoms. The molecule has 3 rings (SSSR count). The number of nitrogens with zero attached hydrogens (tertiary/aromatic N) is 1. The third-order valence-electron chi connectivity index (χ3n) is 6.63. The van der Waals surface area contributed by atoms with Crippen molar-refractivity contribution in [2.75, 3.05) is 13.1 Å². The third-order valence-corrected chi connectivity index (χ3v) is 8.48. The summed E-state index contributed by atoms with van der Waals surface area (Å²) in [7, 11) is -3.88. The van der Waals surface area contributed by atoms with E-state index in [1.54, 1.807) is 20.8 Å². The number of aliphatic hydroxyl groups excluding tert-OH is 1. The maximum atomic E-state index is 13.4. The Balaban J connectivity index is 1.76.